The number of nitrogens with one attached hydrogen (secondary N) is 2. The highest BCUT2D eigenvalue weighted by Gasteiger charge is 2.28. The Hall–Kier alpha value is -1.59. The number of anilines is 3. The smallest absolute Gasteiger partial charge is 0.231 e. The molecule has 2 rings (SSSR count). The van der Waals surface area contributed by atoms with E-state index >= 15 is 0 Å². The molecule has 6 heteroatoms. The molecule has 0 saturated heterocycles. The van der Waals surface area contributed by atoms with E-state index in [-0.39, 0.29) is 0 Å². The van der Waals surface area contributed by atoms with E-state index in [1.54, 1.807) is 0 Å². The first-order valence-electron chi connectivity index (χ1n) is 6.54. The van der Waals surface area contributed by atoms with Gasteiger partial charge in [-0.1, -0.05) is 0 Å². The van der Waals surface area contributed by atoms with Gasteiger partial charge in [0.1, 0.15) is 0 Å². The monoisotopic (exact) mass is 250 g/mol. The van der Waals surface area contributed by atoms with Crippen LogP contribution in [0, 0.1) is 5.92 Å². The maximum absolute atomic E-state index is 4.42. The van der Waals surface area contributed by atoms with E-state index in [4.69, 9.17) is 0 Å². The zero-order valence-electron chi connectivity index (χ0n) is 11.6. The lowest BCUT2D eigenvalue weighted by molar-refractivity contribution is 0.685. The number of rotatable bonds is 6. The Kier molecular flexibility index (Phi) is 3.84. The predicted molar refractivity (Wildman–Crippen MR) is 74.1 cm³/mol. The van der Waals surface area contributed by atoms with Gasteiger partial charge in [-0.2, -0.15) is 15.0 Å². The molecule has 18 heavy (non-hydrogen) atoms. The fraction of sp³-hybridized carbons (Fsp3) is 0.750. The van der Waals surface area contributed by atoms with E-state index in [1.165, 1.54) is 12.8 Å². The van der Waals surface area contributed by atoms with Crippen LogP contribution in [0.4, 0.5) is 17.8 Å². The first-order chi connectivity index (χ1) is 8.60. The average molecular weight is 250 g/mol. The van der Waals surface area contributed by atoms with Crippen molar-refractivity contribution in [2.75, 3.05) is 36.2 Å². The van der Waals surface area contributed by atoms with Crippen LogP contribution < -0.4 is 15.5 Å². The van der Waals surface area contributed by atoms with Gasteiger partial charge in [-0.25, -0.2) is 0 Å². The normalized spacial score (nSPS) is 16.2. The Morgan fingerprint density at radius 2 is 1.89 bits per heavy atom. The maximum Gasteiger partial charge on any atom is 0.231 e. The van der Waals surface area contributed by atoms with Gasteiger partial charge in [-0.15, -0.1) is 0 Å². The minimum Gasteiger partial charge on any atom is -0.354 e. The first-order valence-corrected chi connectivity index (χ1v) is 6.54. The van der Waals surface area contributed by atoms with Crippen LogP contribution >= 0.6 is 0 Å². The van der Waals surface area contributed by atoms with Gasteiger partial charge in [0.2, 0.25) is 17.8 Å². The van der Waals surface area contributed by atoms with E-state index < -0.39 is 0 Å². The van der Waals surface area contributed by atoms with Crippen molar-refractivity contribution in [1.29, 1.82) is 0 Å². The van der Waals surface area contributed by atoms with Gasteiger partial charge in [-0.05, 0) is 32.6 Å². The van der Waals surface area contributed by atoms with Gasteiger partial charge in [0.05, 0.1) is 0 Å². The molecule has 0 aliphatic heterocycles. The van der Waals surface area contributed by atoms with Crippen molar-refractivity contribution in [1.82, 2.24) is 15.0 Å². The second kappa shape index (κ2) is 5.37. The van der Waals surface area contributed by atoms with Crippen molar-refractivity contribution < 1.29 is 0 Å². The Morgan fingerprint density at radius 3 is 2.44 bits per heavy atom. The fourth-order valence-corrected chi connectivity index (χ4v) is 1.78. The summed E-state index contributed by atoms with van der Waals surface area (Å²) < 4.78 is 0. The van der Waals surface area contributed by atoms with Crippen molar-refractivity contribution >= 4 is 17.8 Å². The third kappa shape index (κ3) is 3.21. The summed E-state index contributed by atoms with van der Waals surface area (Å²) in [4.78, 5) is 15.0. The molecular formula is C12H22N6. The lowest BCUT2D eigenvalue weighted by Crippen LogP contribution is -2.22. The molecule has 1 aromatic heterocycles. The summed E-state index contributed by atoms with van der Waals surface area (Å²) in [6, 6.07) is 0.428. The van der Waals surface area contributed by atoms with Gasteiger partial charge < -0.3 is 15.5 Å². The van der Waals surface area contributed by atoms with Gasteiger partial charge in [-0.3, -0.25) is 0 Å². The molecule has 1 aliphatic carbocycles. The van der Waals surface area contributed by atoms with Gasteiger partial charge in [0, 0.05) is 26.7 Å². The molecule has 1 saturated carbocycles. The van der Waals surface area contributed by atoms with Crippen LogP contribution in [-0.2, 0) is 0 Å². The molecule has 0 spiro atoms. The largest absolute Gasteiger partial charge is 0.354 e. The minimum absolute atomic E-state index is 0.428. The summed E-state index contributed by atoms with van der Waals surface area (Å²) in [6.07, 6.45) is 2.61. The molecule has 0 aromatic carbocycles. The van der Waals surface area contributed by atoms with E-state index in [9.17, 15) is 0 Å². The summed E-state index contributed by atoms with van der Waals surface area (Å²) in [7, 11) is 3.86. The summed E-state index contributed by atoms with van der Waals surface area (Å²) in [5.74, 6) is 2.73. The molecule has 2 N–H and O–H groups in total. The molecule has 1 aromatic rings. The molecule has 0 amide bonds. The van der Waals surface area contributed by atoms with Crippen LogP contribution in [0.2, 0.25) is 0 Å². The Bertz CT molecular complexity index is 402. The molecule has 0 bridgehead atoms. The fourth-order valence-electron chi connectivity index (χ4n) is 1.78. The zero-order valence-corrected chi connectivity index (χ0v) is 11.6. The van der Waals surface area contributed by atoms with E-state index in [1.807, 2.05) is 25.9 Å². The molecule has 1 heterocycles. The highest BCUT2D eigenvalue weighted by atomic mass is 15.3. The molecule has 0 radical (unpaired) electrons. The van der Waals surface area contributed by atoms with Crippen LogP contribution in [0.5, 0.6) is 0 Å². The number of hydrogen-bond donors (Lipinski definition) is 2. The SMILES string of the molecule is CCNc1nc(NC(C)C2CC2)nc(N(C)C)n1. The minimum atomic E-state index is 0.428. The van der Waals surface area contributed by atoms with Crippen molar-refractivity contribution in [2.24, 2.45) is 5.92 Å². The number of nitrogens with zero attached hydrogens (tertiary/aromatic N) is 4. The van der Waals surface area contributed by atoms with Crippen LogP contribution in [0.1, 0.15) is 26.7 Å². The summed E-state index contributed by atoms with van der Waals surface area (Å²) in [5.41, 5.74) is 0. The molecule has 1 aliphatic rings. The molecule has 1 fully saturated rings. The average Bonchev–Trinajstić information content (AvgIpc) is 3.12. The quantitative estimate of drug-likeness (QED) is 0.799. The van der Waals surface area contributed by atoms with Crippen LogP contribution in [-0.4, -0.2) is 41.6 Å². The molecular weight excluding hydrogens is 228 g/mol. The summed E-state index contributed by atoms with van der Waals surface area (Å²) in [6.45, 7) is 5.01. The molecule has 1 atom stereocenters. The van der Waals surface area contributed by atoms with Crippen molar-refractivity contribution in [2.45, 2.75) is 32.7 Å². The van der Waals surface area contributed by atoms with Gasteiger partial charge in [0.25, 0.3) is 0 Å². The van der Waals surface area contributed by atoms with Crippen molar-refractivity contribution in [3.8, 4) is 0 Å². The van der Waals surface area contributed by atoms with Crippen LogP contribution in [0.25, 0.3) is 0 Å². The van der Waals surface area contributed by atoms with E-state index in [2.05, 4.69) is 32.5 Å². The first kappa shape index (κ1) is 12.9. The zero-order chi connectivity index (χ0) is 13.1. The predicted octanol–water partition coefficient (Wildman–Crippen LogP) is 1.58. The van der Waals surface area contributed by atoms with E-state index in [0.717, 1.165) is 12.5 Å². The van der Waals surface area contributed by atoms with Gasteiger partial charge >= 0.3 is 0 Å². The standard InChI is InChI=1S/C12H22N6/c1-5-13-10-15-11(14-8(2)9-6-7-9)17-12(16-10)18(3)4/h8-9H,5-7H2,1-4H3,(H2,13,14,15,16,17). The van der Waals surface area contributed by atoms with E-state index in [0.29, 0.717) is 23.9 Å². The number of hydrogen-bond acceptors (Lipinski definition) is 6. The topological polar surface area (TPSA) is 66.0 Å². The second-order valence-electron chi connectivity index (χ2n) is 4.98. The Balaban J connectivity index is 2.15. The third-order valence-corrected chi connectivity index (χ3v) is 3.04. The second-order valence-corrected chi connectivity index (χ2v) is 4.98. The lowest BCUT2D eigenvalue weighted by atomic mass is 10.2. The summed E-state index contributed by atoms with van der Waals surface area (Å²) in [5, 5.41) is 6.50. The van der Waals surface area contributed by atoms with Gasteiger partial charge in [0.15, 0.2) is 0 Å². The summed E-state index contributed by atoms with van der Waals surface area (Å²) >= 11 is 0. The maximum atomic E-state index is 4.42. The third-order valence-electron chi connectivity index (χ3n) is 3.04. The van der Waals surface area contributed by atoms with Crippen molar-refractivity contribution in [3.05, 3.63) is 0 Å². The Labute approximate surface area is 108 Å². The number of aromatic nitrogens is 3. The van der Waals surface area contributed by atoms with Crippen LogP contribution in [0.15, 0.2) is 0 Å². The Morgan fingerprint density at radius 1 is 1.22 bits per heavy atom. The molecule has 100 valence electrons. The highest BCUT2D eigenvalue weighted by molar-refractivity contribution is 5.43. The molecule has 1 unspecified atom stereocenters. The van der Waals surface area contributed by atoms with Crippen molar-refractivity contribution in [3.63, 3.8) is 0 Å². The molecule has 6 nitrogen and oxygen atoms in total. The highest BCUT2D eigenvalue weighted by Crippen LogP contribution is 2.33. The lowest BCUT2D eigenvalue weighted by Gasteiger charge is -2.16. The van der Waals surface area contributed by atoms with Crippen LogP contribution in [0.3, 0.4) is 0 Å².